The molecule has 0 aromatic heterocycles. The Hall–Kier alpha value is 1.02. The SMILES string of the molecule is O=P(CCl)(OCCCl)OCCCl. The zero-order chi connectivity index (χ0) is 9.45. The Labute approximate surface area is 86.8 Å². The van der Waals surface area contributed by atoms with Crippen LogP contribution >= 0.6 is 42.4 Å². The lowest BCUT2D eigenvalue weighted by Crippen LogP contribution is -2.01. The zero-order valence-corrected chi connectivity index (χ0v) is 9.50. The van der Waals surface area contributed by atoms with Crippen LogP contribution in [0.4, 0.5) is 0 Å². The summed E-state index contributed by atoms with van der Waals surface area (Å²) >= 11 is 16.0. The third-order valence-electron chi connectivity index (χ3n) is 0.877. The third kappa shape index (κ3) is 5.63. The lowest BCUT2D eigenvalue weighted by Gasteiger charge is -2.14. The van der Waals surface area contributed by atoms with Gasteiger partial charge in [0.05, 0.1) is 13.2 Å². The molecule has 0 bridgehead atoms. The Balaban J connectivity index is 3.79. The minimum atomic E-state index is -3.14. The molecule has 0 aliphatic heterocycles. The largest absolute Gasteiger partial charge is 0.345 e. The van der Waals surface area contributed by atoms with E-state index in [-0.39, 0.29) is 30.6 Å². The summed E-state index contributed by atoms with van der Waals surface area (Å²) in [6.07, 6.45) is 0. The summed E-state index contributed by atoms with van der Waals surface area (Å²) in [5.41, 5.74) is -0.180. The van der Waals surface area contributed by atoms with E-state index in [9.17, 15) is 4.57 Å². The van der Waals surface area contributed by atoms with Crippen LogP contribution in [0.15, 0.2) is 0 Å². The van der Waals surface area contributed by atoms with Crippen molar-refractivity contribution in [1.29, 1.82) is 0 Å². The van der Waals surface area contributed by atoms with E-state index in [0.717, 1.165) is 0 Å². The van der Waals surface area contributed by atoms with Gasteiger partial charge in [-0.05, 0) is 0 Å². The van der Waals surface area contributed by atoms with Crippen LogP contribution in [0, 0.1) is 0 Å². The molecule has 12 heavy (non-hydrogen) atoms. The van der Waals surface area contributed by atoms with Gasteiger partial charge in [0.25, 0.3) is 0 Å². The van der Waals surface area contributed by atoms with Crippen LogP contribution < -0.4 is 0 Å². The van der Waals surface area contributed by atoms with Crippen molar-refractivity contribution < 1.29 is 13.6 Å². The Kier molecular flexibility index (Phi) is 8.06. The Morgan fingerprint density at radius 3 is 1.67 bits per heavy atom. The topological polar surface area (TPSA) is 35.5 Å². The Morgan fingerprint density at radius 1 is 1.00 bits per heavy atom. The maximum absolute atomic E-state index is 11.4. The maximum Gasteiger partial charge on any atom is 0.345 e. The van der Waals surface area contributed by atoms with Crippen molar-refractivity contribution in [3.8, 4) is 0 Å². The van der Waals surface area contributed by atoms with Crippen LogP contribution in [0.1, 0.15) is 0 Å². The van der Waals surface area contributed by atoms with E-state index >= 15 is 0 Å². The quantitative estimate of drug-likeness (QED) is 0.518. The first-order chi connectivity index (χ1) is 5.68. The predicted molar refractivity (Wildman–Crippen MR) is 51.7 cm³/mol. The summed E-state index contributed by atoms with van der Waals surface area (Å²) in [5, 5.41) is 0. The molecule has 7 heteroatoms. The van der Waals surface area contributed by atoms with Gasteiger partial charge in [-0.1, -0.05) is 0 Å². The van der Waals surface area contributed by atoms with Gasteiger partial charge in [-0.2, -0.15) is 0 Å². The van der Waals surface area contributed by atoms with Gasteiger partial charge < -0.3 is 9.05 Å². The summed E-state index contributed by atoms with van der Waals surface area (Å²) in [5.74, 6) is 0.510. The second-order valence-corrected chi connectivity index (χ2v) is 5.23. The van der Waals surface area contributed by atoms with Crippen molar-refractivity contribution >= 4 is 42.4 Å². The van der Waals surface area contributed by atoms with E-state index in [1.165, 1.54) is 0 Å². The van der Waals surface area contributed by atoms with Crippen LogP contribution in [0.3, 0.4) is 0 Å². The smallest absolute Gasteiger partial charge is 0.306 e. The number of alkyl halides is 3. The molecule has 0 rings (SSSR count). The van der Waals surface area contributed by atoms with E-state index in [0.29, 0.717) is 0 Å². The summed E-state index contributed by atoms with van der Waals surface area (Å²) < 4.78 is 21.1. The highest BCUT2D eigenvalue weighted by atomic mass is 35.5. The molecule has 0 saturated carbocycles. The first-order valence-corrected chi connectivity index (χ1v) is 6.57. The molecule has 0 N–H and O–H groups in total. The zero-order valence-electron chi connectivity index (χ0n) is 6.34. The van der Waals surface area contributed by atoms with Crippen molar-refractivity contribution in [2.24, 2.45) is 0 Å². The van der Waals surface area contributed by atoms with Crippen LogP contribution in [0.5, 0.6) is 0 Å². The van der Waals surface area contributed by atoms with Crippen LogP contribution in [-0.4, -0.2) is 30.6 Å². The van der Waals surface area contributed by atoms with Crippen molar-refractivity contribution in [2.75, 3.05) is 30.6 Å². The third-order valence-corrected chi connectivity index (χ3v) is 3.51. The van der Waals surface area contributed by atoms with Gasteiger partial charge in [-0.15, -0.1) is 34.8 Å². The van der Waals surface area contributed by atoms with Crippen LogP contribution in [-0.2, 0) is 13.6 Å². The summed E-state index contributed by atoms with van der Waals surface area (Å²) in [6, 6.07) is 0. The highest BCUT2D eigenvalue weighted by molar-refractivity contribution is 7.55. The fourth-order valence-electron chi connectivity index (χ4n) is 0.453. The highest BCUT2D eigenvalue weighted by Gasteiger charge is 2.22. The lowest BCUT2D eigenvalue weighted by atomic mass is 10.9. The van der Waals surface area contributed by atoms with E-state index in [4.69, 9.17) is 43.9 Å². The lowest BCUT2D eigenvalue weighted by molar-refractivity contribution is 0.226. The molecule has 0 amide bonds. The summed E-state index contributed by atoms with van der Waals surface area (Å²) in [4.78, 5) is 0. The van der Waals surface area contributed by atoms with Crippen molar-refractivity contribution in [3.05, 3.63) is 0 Å². The summed E-state index contributed by atoms with van der Waals surface area (Å²) in [6.45, 7) is 0.321. The molecule has 0 saturated heterocycles. The van der Waals surface area contributed by atoms with Gasteiger partial charge >= 0.3 is 7.60 Å². The Bertz CT molecular complexity index is 143. The molecule has 74 valence electrons. The van der Waals surface area contributed by atoms with Crippen LogP contribution in [0.2, 0.25) is 0 Å². The molecule has 0 radical (unpaired) electrons. The predicted octanol–water partition coefficient (Wildman–Crippen LogP) is 2.89. The number of hydrogen-bond acceptors (Lipinski definition) is 3. The molecule has 0 unspecified atom stereocenters. The van der Waals surface area contributed by atoms with E-state index in [1.54, 1.807) is 0 Å². The van der Waals surface area contributed by atoms with E-state index in [1.807, 2.05) is 0 Å². The van der Waals surface area contributed by atoms with Crippen molar-refractivity contribution in [2.45, 2.75) is 0 Å². The number of halogens is 3. The minimum absolute atomic E-state index is 0.161. The molecular weight excluding hydrogens is 245 g/mol. The molecule has 0 aromatic rings. The molecule has 3 nitrogen and oxygen atoms in total. The van der Waals surface area contributed by atoms with E-state index in [2.05, 4.69) is 0 Å². The van der Waals surface area contributed by atoms with Gasteiger partial charge in [-0.25, -0.2) is 0 Å². The number of rotatable bonds is 7. The second-order valence-electron chi connectivity index (χ2n) is 1.77. The van der Waals surface area contributed by atoms with Crippen molar-refractivity contribution in [3.63, 3.8) is 0 Å². The van der Waals surface area contributed by atoms with Crippen LogP contribution in [0.25, 0.3) is 0 Å². The standard InChI is InChI=1S/C5H10Cl3O3P/c6-1-3-10-12(9,5-8)11-4-2-7/h1-5H2. The molecule has 0 heterocycles. The average molecular weight is 255 g/mol. The first-order valence-electron chi connectivity index (χ1n) is 3.24. The molecule has 0 aromatic carbocycles. The monoisotopic (exact) mass is 254 g/mol. The minimum Gasteiger partial charge on any atom is -0.306 e. The fraction of sp³-hybridized carbons (Fsp3) is 1.00. The van der Waals surface area contributed by atoms with Gasteiger partial charge in [0.2, 0.25) is 0 Å². The van der Waals surface area contributed by atoms with Gasteiger partial charge in [0.15, 0.2) is 0 Å². The molecule has 0 aliphatic rings. The highest BCUT2D eigenvalue weighted by Crippen LogP contribution is 2.48. The molecule has 0 fully saturated rings. The van der Waals surface area contributed by atoms with E-state index < -0.39 is 7.60 Å². The maximum atomic E-state index is 11.4. The molecular formula is C5H10Cl3O3P. The van der Waals surface area contributed by atoms with Gasteiger partial charge in [0.1, 0.15) is 5.62 Å². The molecule has 0 spiro atoms. The average Bonchev–Trinajstić information content (AvgIpc) is 2.11. The normalized spacial score (nSPS) is 11.9. The number of hydrogen-bond donors (Lipinski definition) is 0. The van der Waals surface area contributed by atoms with Crippen molar-refractivity contribution in [1.82, 2.24) is 0 Å². The molecule has 0 atom stereocenters. The molecule has 0 aliphatic carbocycles. The summed E-state index contributed by atoms with van der Waals surface area (Å²) in [7, 11) is -3.14. The second kappa shape index (κ2) is 7.43. The first kappa shape index (κ1) is 13.0. The van der Waals surface area contributed by atoms with Gasteiger partial charge in [0, 0.05) is 11.8 Å². The Morgan fingerprint density at radius 2 is 1.42 bits per heavy atom. The fourth-order valence-corrected chi connectivity index (χ4v) is 2.19. The van der Waals surface area contributed by atoms with Gasteiger partial charge in [-0.3, -0.25) is 4.57 Å².